The molecule has 0 aromatic rings. The summed E-state index contributed by atoms with van der Waals surface area (Å²) < 4.78 is 0. The number of Topliss-reactive ketones (excluding diaryl/α,β-unsaturated/α-hetero) is 2. The van der Waals surface area contributed by atoms with Crippen LogP contribution < -0.4 is 0 Å². The van der Waals surface area contributed by atoms with Gasteiger partial charge in [-0.1, -0.05) is 54.4 Å². The maximum atomic E-state index is 10.6. The van der Waals surface area contributed by atoms with Gasteiger partial charge in [0.1, 0.15) is 11.6 Å². The van der Waals surface area contributed by atoms with Crippen LogP contribution in [0.25, 0.3) is 0 Å². The van der Waals surface area contributed by atoms with Crippen molar-refractivity contribution >= 4 is 11.6 Å². The van der Waals surface area contributed by atoms with Crippen molar-refractivity contribution in [3.63, 3.8) is 0 Å². The van der Waals surface area contributed by atoms with Gasteiger partial charge in [0.2, 0.25) is 0 Å². The molecule has 0 aliphatic heterocycles. The first-order valence-electron chi connectivity index (χ1n) is 6.94. The van der Waals surface area contributed by atoms with Crippen molar-refractivity contribution in [2.45, 2.75) is 81.1 Å². The Balaban J connectivity index is 0. The van der Waals surface area contributed by atoms with E-state index in [4.69, 9.17) is 0 Å². The van der Waals surface area contributed by atoms with Crippen molar-refractivity contribution in [2.24, 2.45) is 10.8 Å². The molecule has 0 rings (SSSR count). The molecular weight excluding hydrogens is 224 g/mol. The molecule has 0 atom stereocenters. The van der Waals surface area contributed by atoms with E-state index in [1.54, 1.807) is 13.8 Å². The zero-order chi connectivity index (χ0) is 15.0. The summed E-state index contributed by atoms with van der Waals surface area (Å²) in [5.74, 6) is 0.587. The number of carbonyl (C=O) groups is 2. The molecule has 0 N–H and O–H groups in total. The van der Waals surface area contributed by atoms with Crippen LogP contribution in [-0.2, 0) is 9.59 Å². The molecule has 18 heavy (non-hydrogen) atoms. The Hall–Kier alpha value is -0.660. The van der Waals surface area contributed by atoms with E-state index in [0.29, 0.717) is 24.4 Å². The van der Waals surface area contributed by atoms with E-state index >= 15 is 0 Å². The van der Waals surface area contributed by atoms with Crippen LogP contribution in [0.15, 0.2) is 0 Å². The summed E-state index contributed by atoms with van der Waals surface area (Å²) in [4.78, 5) is 21.2. The van der Waals surface area contributed by atoms with Crippen molar-refractivity contribution in [3.05, 3.63) is 0 Å². The fraction of sp³-hybridized carbons (Fsp3) is 0.875. The highest BCUT2D eigenvalue weighted by Crippen LogP contribution is 2.24. The van der Waals surface area contributed by atoms with Crippen molar-refractivity contribution in [2.75, 3.05) is 0 Å². The van der Waals surface area contributed by atoms with Gasteiger partial charge in [-0.2, -0.15) is 0 Å². The quantitative estimate of drug-likeness (QED) is 0.684. The van der Waals surface area contributed by atoms with E-state index < -0.39 is 0 Å². The molecule has 0 aliphatic rings. The third-order valence-electron chi connectivity index (χ3n) is 3.37. The van der Waals surface area contributed by atoms with E-state index in [0.717, 1.165) is 12.8 Å². The fourth-order valence-electron chi connectivity index (χ4n) is 1.60. The third-order valence-corrected chi connectivity index (χ3v) is 3.37. The Morgan fingerprint density at radius 2 is 0.944 bits per heavy atom. The van der Waals surface area contributed by atoms with Gasteiger partial charge in [0, 0.05) is 12.8 Å². The minimum absolute atomic E-state index is 0.214. The van der Waals surface area contributed by atoms with E-state index in [-0.39, 0.29) is 10.8 Å². The topological polar surface area (TPSA) is 34.1 Å². The lowest BCUT2D eigenvalue weighted by Crippen LogP contribution is -2.13. The summed E-state index contributed by atoms with van der Waals surface area (Å²) in [5, 5.41) is 0. The summed E-state index contributed by atoms with van der Waals surface area (Å²) in [6, 6.07) is 0. The molecule has 0 spiro atoms. The SMILES string of the molecule is CCC(C)(C)CC(C)=O.CCC(C)(C)CC(C)=O. The number of carbonyl (C=O) groups excluding carboxylic acids is 2. The third kappa shape index (κ3) is 13.4. The monoisotopic (exact) mass is 256 g/mol. The second-order valence-electron chi connectivity index (χ2n) is 6.79. The molecule has 0 amide bonds. The lowest BCUT2D eigenvalue weighted by molar-refractivity contribution is -0.119. The van der Waals surface area contributed by atoms with Crippen LogP contribution in [0.2, 0.25) is 0 Å². The predicted octanol–water partition coefficient (Wildman–Crippen LogP) is 4.80. The fourth-order valence-corrected chi connectivity index (χ4v) is 1.60. The van der Waals surface area contributed by atoms with E-state index in [1.165, 1.54) is 0 Å². The summed E-state index contributed by atoms with van der Waals surface area (Å²) in [6.07, 6.45) is 3.58. The summed E-state index contributed by atoms with van der Waals surface area (Å²) >= 11 is 0. The first kappa shape index (κ1) is 19.7. The van der Waals surface area contributed by atoms with Gasteiger partial charge >= 0.3 is 0 Å². The first-order valence-corrected chi connectivity index (χ1v) is 6.94. The summed E-state index contributed by atoms with van der Waals surface area (Å²) in [5.41, 5.74) is 0.428. The van der Waals surface area contributed by atoms with Gasteiger partial charge in [-0.15, -0.1) is 0 Å². The zero-order valence-corrected chi connectivity index (χ0v) is 13.6. The van der Waals surface area contributed by atoms with E-state index in [2.05, 4.69) is 41.5 Å². The van der Waals surface area contributed by atoms with Crippen LogP contribution in [0.4, 0.5) is 0 Å². The Bertz CT molecular complexity index is 234. The number of hydrogen-bond donors (Lipinski definition) is 0. The highest BCUT2D eigenvalue weighted by molar-refractivity contribution is 5.76. The molecule has 0 bridgehead atoms. The first-order chi connectivity index (χ1) is 7.95. The van der Waals surface area contributed by atoms with Crippen molar-refractivity contribution in [3.8, 4) is 0 Å². The zero-order valence-electron chi connectivity index (χ0n) is 13.6. The standard InChI is InChI=1S/2C8H16O/c2*1-5-8(3,4)6-7(2)9/h2*5-6H2,1-4H3. The molecule has 0 heterocycles. The van der Waals surface area contributed by atoms with Crippen LogP contribution >= 0.6 is 0 Å². The lowest BCUT2D eigenvalue weighted by atomic mass is 9.85. The lowest BCUT2D eigenvalue weighted by Gasteiger charge is -2.19. The second-order valence-corrected chi connectivity index (χ2v) is 6.79. The molecule has 0 radical (unpaired) electrons. The Kier molecular flexibility index (Phi) is 9.23. The highest BCUT2D eigenvalue weighted by atomic mass is 16.1. The van der Waals surface area contributed by atoms with Gasteiger partial charge in [-0.05, 0) is 24.7 Å². The van der Waals surface area contributed by atoms with Gasteiger partial charge in [0.05, 0.1) is 0 Å². The minimum atomic E-state index is 0.214. The van der Waals surface area contributed by atoms with Crippen LogP contribution in [0.1, 0.15) is 81.1 Å². The Labute approximate surface area is 114 Å². The molecular formula is C16H32O2. The van der Waals surface area contributed by atoms with E-state index in [9.17, 15) is 9.59 Å². The van der Waals surface area contributed by atoms with Gasteiger partial charge in [0.25, 0.3) is 0 Å². The van der Waals surface area contributed by atoms with Crippen molar-refractivity contribution in [1.29, 1.82) is 0 Å². The predicted molar refractivity (Wildman–Crippen MR) is 78.7 cm³/mol. The molecule has 0 aliphatic carbocycles. The van der Waals surface area contributed by atoms with Gasteiger partial charge in [-0.25, -0.2) is 0 Å². The van der Waals surface area contributed by atoms with Gasteiger partial charge in [-0.3, -0.25) is 0 Å². The molecule has 0 saturated carbocycles. The molecule has 2 heteroatoms. The average Bonchev–Trinajstić information content (AvgIpc) is 2.15. The largest absolute Gasteiger partial charge is 0.300 e. The van der Waals surface area contributed by atoms with Crippen molar-refractivity contribution < 1.29 is 9.59 Å². The molecule has 0 unspecified atom stereocenters. The normalized spacial score (nSPS) is 11.6. The average molecular weight is 256 g/mol. The number of ketones is 2. The van der Waals surface area contributed by atoms with Crippen LogP contribution in [0, 0.1) is 10.8 Å². The maximum Gasteiger partial charge on any atom is 0.130 e. The van der Waals surface area contributed by atoms with Crippen LogP contribution in [-0.4, -0.2) is 11.6 Å². The Morgan fingerprint density at radius 1 is 0.722 bits per heavy atom. The van der Waals surface area contributed by atoms with Gasteiger partial charge in [0.15, 0.2) is 0 Å². The number of rotatable bonds is 6. The van der Waals surface area contributed by atoms with E-state index in [1.807, 2.05) is 0 Å². The van der Waals surface area contributed by atoms with Crippen molar-refractivity contribution in [1.82, 2.24) is 0 Å². The summed E-state index contributed by atoms with van der Waals surface area (Å²) in [7, 11) is 0. The smallest absolute Gasteiger partial charge is 0.130 e. The van der Waals surface area contributed by atoms with Gasteiger partial charge < -0.3 is 9.59 Å². The molecule has 0 aromatic carbocycles. The van der Waals surface area contributed by atoms with Crippen LogP contribution in [0.5, 0.6) is 0 Å². The number of hydrogen-bond acceptors (Lipinski definition) is 2. The molecule has 0 fully saturated rings. The van der Waals surface area contributed by atoms with Crippen LogP contribution in [0.3, 0.4) is 0 Å². The Morgan fingerprint density at radius 3 is 1.00 bits per heavy atom. The molecule has 108 valence electrons. The molecule has 0 saturated heterocycles. The maximum absolute atomic E-state index is 10.6. The minimum Gasteiger partial charge on any atom is -0.300 e. The highest BCUT2D eigenvalue weighted by Gasteiger charge is 2.17. The summed E-state index contributed by atoms with van der Waals surface area (Å²) in [6.45, 7) is 16.0. The second kappa shape index (κ2) is 8.44. The molecule has 0 aromatic heterocycles. The molecule has 2 nitrogen and oxygen atoms in total.